The Morgan fingerprint density at radius 2 is 2.00 bits per heavy atom. The minimum atomic E-state index is -4.57. The number of halogens is 4. The van der Waals surface area contributed by atoms with Gasteiger partial charge in [0.1, 0.15) is 6.04 Å². The van der Waals surface area contributed by atoms with Crippen LogP contribution in [0.25, 0.3) is 0 Å². The predicted molar refractivity (Wildman–Crippen MR) is 49.2 cm³/mol. The van der Waals surface area contributed by atoms with E-state index in [1.165, 1.54) is 6.07 Å². The zero-order valence-electron chi connectivity index (χ0n) is 7.35. The molecular formula is C9H6ClF3N2. The van der Waals surface area contributed by atoms with Crippen LogP contribution in [0.3, 0.4) is 0 Å². The number of rotatable bonds is 1. The molecule has 80 valence electrons. The fraction of sp³-hybridized carbons (Fsp3) is 0.222. The van der Waals surface area contributed by atoms with E-state index in [4.69, 9.17) is 22.6 Å². The Morgan fingerprint density at radius 1 is 1.40 bits per heavy atom. The van der Waals surface area contributed by atoms with Gasteiger partial charge in [-0.3, -0.25) is 0 Å². The Balaban J connectivity index is 3.21. The van der Waals surface area contributed by atoms with Gasteiger partial charge in [0.15, 0.2) is 0 Å². The first-order valence-corrected chi connectivity index (χ1v) is 4.26. The minimum absolute atomic E-state index is 0.160. The Bertz CT molecular complexity index is 409. The number of nitriles is 1. The fourth-order valence-corrected chi connectivity index (χ4v) is 1.24. The molecule has 15 heavy (non-hydrogen) atoms. The van der Waals surface area contributed by atoms with Crippen molar-refractivity contribution in [3.8, 4) is 6.07 Å². The highest BCUT2D eigenvalue weighted by atomic mass is 35.5. The van der Waals surface area contributed by atoms with E-state index in [9.17, 15) is 13.2 Å². The summed E-state index contributed by atoms with van der Waals surface area (Å²) in [6.45, 7) is 0. The van der Waals surface area contributed by atoms with Crippen molar-refractivity contribution in [3.05, 3.63) is 34.3 Å². The van der Waals surface area contributed by atoms with Crippen LogP contribution in [-0.2, 0) is 0 Å². The lowest BCUT2D eigenvalue weighted by Gasteiger charge is -2.16. The average molecular weight is 235 g/mol. The first-order valence-electron chi connectivity index (χ1n) is 3.88. The van der Waals surface area contributed by atoms with Crippen molar-refractivity contribution in [1.82, 2.24) is 0 Å². The molecule has 1 rings (SSSR count). The first kappa shape index (κ1) is 11.8. The molecule has 1 atom stereocenters. The molecule has 0 unspecified atom stereocenters. The van der Waals surface area contributed by atoms with E-state index in [1.54, 1.807) is 6.07 Å². The van der Waals surface area contributed by atoms with E-state index in [0.717, 1.165) is 12.1 Å². The molecule has 0 fully saturated rings. The van der Waals surface area contributed by atoms with Crippen LogP contribution in [0, 0.1) is 11.3 Å². The van der Waals surface area contributed by atoms with Gasteiger partial charge in [-0.2, -0.15) is 18.4 Å². The summed E-state index contributed by atoms with van der Waals surface area (Å²) in [6, 6.07) is 2.99. The highest BCUT2D eigenvalue weighted by Crippen LogP contribution is 2.32. The molecule has 0 saturated heterocycles. The molecule has 1 aromatic rings. The molecule has 0 aromatic heterocycles. The molecule has 0 aliphatic heterocycles. The predicted octanol–water partition coefficient (Wildman–Crippen LogP) is 2.77. The minimum Gasteiger partial charge on any atom is -0.316 e. The summed E-state index contributed by atoms with van der Waals surface area (Å²) in [7, 11) is 0. The molecular weight excluding hydrogens is 229 g/mol. The van der Waals surface area contributed by atoms with Gasteiger partial charge in [-0.25, -0.2) is 0 Å². The highest BCUT2D eigenvalue weighted by molar-refractivity contribution is 6.30. The number of benzene rings is 1. The molecule has 0 bridgehead atoms. The molecule has 1 aromatic carbocycles. The molecule has 2 nitrogen and oxygen atoms in total. The van der Waals surface area contributed by atoms with Crippen molar-refractivity contribution in [1.29, 1.82) is 5.26 Å². The summed E-state index contributed by atoms with van der Waals surface area (Å²) >= 11 is 5.54. The van der Waals surface area contributed by atoms with Crippen molar-refractivity contribution >= 4 is 11.6 Å². The Morgan fingerprint density at radius 3 is 2.47 bits per heavy atom. The fourth-order valence-electron chi connectivity index (χ4n) is 1.07. The maximum absolute atomic E-state index is 12.3. The van der Waals surface area contributed by atoms with Gasteiger partial charge in [-0.15, -0.1) is 0 Å². The number of alkyl halides is 3. The van der Waals surface area contributed by atoms with Crippen LogP contribution < -0.4 is 5.73 Å². The second kappa shape index (κ2) is 4.09. The van der Waals surface area contributed by atoms with Gasteiger partial charge in [0, 0.05) is 5.02 Å². The number of hydrogen-bond acceptors (Lipinski definition) is 2. The Kier molecular flexibility index (Phi) is 3.22. The van der Waals surface area contributed by atoms with E-state index < -0.39 is 12.2 Å². The van der Waals surface area contributed by atoms with Gasteiger partial charge in [0.05, 0.1) is 11.6 Å². The van der Waals surface area contributed by atoms with E-state index in [-0.39, 0.29) is 16.1 Å². The standard InChI is InChI=1S/C9H6ClF3N2/c10-6-1-2-7(5(3-6)4-14)8(15)9(11,12)13/h1-3,8H,15H2/t8-/m0/s1. The lowest BCUT2D eigenvalue weighted by atomic mass is 10.0. The van der Waals surface area contributed by atoms with Crippen molar-refractivity contribution in [2.45, 2.75) is 12.2 Å². The normalized spacial score (nSPS) is 13.3. The third kappa shape index (κ3) is 2.61. The van der Waals surface area contributed by atoms with Crippen LogP contribution in [0.4, 0.5) is 13.2 Å². The highest BCUT2D eigenvalue weighted by Gasteiger charge is 2.39. The molecule has 0 amide bonds. The molecule has 6 heteroatoms. The lowest BCUT2D eigenvalue weighted by Crippen LogP contribution is -2.29. The smallest absolute Gasteiger partial charge is 0.316 e. The molecule has 0 aliphatic rings. The largest absolute Gasteiger partial charge is 0.407 e. The van der Waals surface area contributed by atoms with Crippen molar-refractivity contribution in [2.24, 2.45) is 5.73 Å². The van der Waals surface area contributed by atoms with Crippen LogP contribution in [0.5, 0.6) is 0 Å². The van der Waals surface area contributed by atoms with Gasteiger partial charge < -0.3 is 5.73 Å². The second-order valence-electron chi connectivity index (χ2n) is 2.86. The molecule has 0 saturated carbocycles. The van der Waals surface area contributed by atoms with Crippen LogP contribution in [0.1, 0.15) is 17.2 Å². The average Bonchev–Trinajstić information content (AvgIpc) is 2.15. The Hall–Kier alpha value is -1.25. The molecule has 0 radical (unpaired) electrons. The zero-order valence-corrected chi connectivity index (χ0v) is 8.10. The van der Waals surface area contributed by atoms with Gasteiger partial charge in [-0.1, -0.05) is 17.7 Å². The van der Waals surface area contributed by atoms with Crippen LogP contribution in [0.2, 0.25) is 5.02 Å². The maximum Gasteiger partial charge on any atom is 0.407 e. The number of nitrogens with zero attached hydrogens (tertiary/aromatic N) is 1. The summed E-state index contributed by atoms with van der Waals surface area (Å²) < 4.78 is 36.9. The second-order valence-corrected chi connectivity index (χ2v) is 3.30. The first-order chi connectivity index (χ1) is 6.86. The van der Waals surface area contributed by atoms with Gasteiger partial charge in [-0.05, 0) is 17.7 Å². The monoisotopic (exact) mass is 234 g/mol. The zero-order chi connectivity index (χ0) is 11.6. The van der Waals surface area contributed by atoms with Crippen molar-refractivity contribution < 1.29 is 13.2 Å². The van der Waals surface area contributed by atoms with E-state index in [1.807, 2.05) is 0 Å². The summed E-state index contributed by atoms with van der Waals surface area (Å²) in [4.78, 5) is 0. The SMILES string of the molecule is N#Cc1cc(Cl)ccc1[C@H](N)C(F)(F)F. The summed E-state index contributed by atoms with van der Waals surface area (Å²) in [6.07, 6.45) is -4.57. The quantitative estimate of drug-likeness (QED) is 0.812. The van der Waals surface area contributed by atoms with E-state index in [0.29, 0.717) is 0 Å². The van der Waals surface area contributed by atoms with E-state index >= 15 is 0 Å². The number of nitrogens with two attached hydrogens (primary N) is 1. The number of hydrogen-bond donors (Lipinski definition) is 1. The Labute approximate surface area is 89.1 Å². The van der Waals surface area contributed by atoms with Gasteiger partial charge in [0.25, 0.3) is 0 Å². The lowest BCUT2D eigenvalue weighted by molar-refractivity contribution is -0.149. The molecule has 2 N–H and O–H groups in total. The summed E-state index contributed by atoms with van der Waals surface area (Å²) in [5, 5.41) is 8.82. The van der Waals surface area contributed by atoms with Crippen molar-refractivity contribution in [2.75, 3.05) is 0 Å². The maximum atomic E-state index is 12.3. The third-order valence-electron chi connectivity index (χ3n) is 1.82. The van der Waals surface area contributed by atoms with Crippen molar-refractivity contribution in [3.63, 3.8) is 0 Å². The van der Waals surface area contributed by atoms with Crippen LogP contribution in [-0.4, -0.2) is 6.18 Å². The third-order valence-corrected chi connectivity index (χ3v) is 2.06. The van der Waals surface area contributed by atoms with Gasteiger partial charge in [0.2, 0.25) is 0 Å². The molecule has 0 aliphatic carbocycles. The summed E-state index contributed by atoms with van der Waals surface area (Å²) in [5.74, 6) is 0. The molecule has 0 spiro atoms. The summed E-state index contributed by atoms with van der Waals surface area (Å²) in [5.41, 5.74) is 4.55. The van der Waals surface area contributed by atoms with Crippen LogP contribution >= 0.6 is 11.6 Å². The molecule has 0 heterocycles. The topological polar surface area (TPSA) is 49.8 Å². The van der Waals surface area contributed by atoms with Gasteiger partial charge >= 0.3 is 6.18 Å². The van der Waals surface area contributed by atoms with Crippen LogP contribution in [0.15, 0.2) is 18.2 Å². The van der Waals surface area contributed by atoms with E-state index in [2.05, 4.69) is 0 Å².